The van der Waals surface area contributed by atoms with Crippen molar-refractivity contribution in [3.63, 3.8) is 0 Å². The van der Waals surface area contributed by atoms with Gasteiger partial charge in [0.25, 0.3) is 5.91 Å². The molecule has 24 heavy (non-hydrogen) atoms. The van der Waals surface area contributed by atoms with Gasteiger partial charge in [0, 0.05) is 24.2 Å². The number of sulfonamides is 1. The maximum atomic E-state index is 12.9. The molecule has 0 atom stereocenters. The summed E-state index contributed by atoms with van der Waals surface area (Å²) in [5.74, 6) is 0.482. The Morgan fingerprint density at radius 3 is 2.54 bits per heavy atom. The number of nitrogens with one attached hydrogen (secondary N) is 1. The number of nitrogens with zero attached hydrogens (tertiary/aromatic N) is 1. The van der Waals surface area contributed by atoms with Crippen LogP contribution in [0.4, 0.5) is 0 Å². The van der Waals surface area contributed by atoms with E-state index in [2.05, 4.69) is 18.6 Å². The molecule has 0 spiro atoms. The molecule has 0 unspecified atom stereocenters. The number of hydrogen-bond acceptors (Lipinski definition) is 3. The summed E-state index contributed by atoms with van der Waals surface area (Å²) in [6, 6.07) is 6.81. The van der Waals surface area contributed by atoms with E-state index in [1.807, 2.05) is 4.90 Å². The normalized spacial score (nSPS) is 18.0. The maximum absolute atomic E-state index is 12.9. The van der Waals surface area contributed by atoms with E-state index in [1.165, 1.54) is 6.07 Å². The summed E-state index contributed by atoms with van der Waals surface area (Å²) in [6.45, 7) is 5.02. The summed E-state index contributed by atoms with van der Waals surface area (Å²) >= 11 is 0. The fourth-order valence-electron chi connectivity index (χ4n) is 2.68. The summed E-state index contributed by atoms with van der Waals surface area (Å²) in [6.07, 6.45) is 4.84. The summed E-state index contributed by atoms with van der Waals surface area (Å²) in [5, 5.41) is 0. The molecule has 132 valence electrons. The zero-order chi connectivity index (χ0) is 17.3. The van der Waals surface area contributed by atoms with Crippen molar-refractivity contribution in [1.29, 1.82) is 0 Å². The van der Waals surface area contributed by atoms with Crippen LogP contribution in [0.15, 0.2) is 29.2 Å². The highest BCUT2D eigenvalue weighted by Crippen LogP contribution is 2.29. The fourth-order valence-corrected chi connectivity index (χ4v) is 4.03. The zero-order valence-electron chi connectivity index (χ0n) is 14.4. The van der Waals surface area contributed by atoms with Gasteiger partial charge in [-0.15, -0.1) is 0 Å². The minimum absolute atomic E-state index is 0.0541. The Kier molecular flexibility index (Phi) is 4.97. The van der Waals surface area contributed by atoms with Gasteiger partial charge in [0.2, 0.25) is 10.0 Å². The van der Waals surface area contributed by atoms with Gasteiger partial charge in [0.15, 0.2) is 0 Å². The highest BCUT2D eigenvalue weighted by atomic mass is 32.2. The Balaban J connectivity index is 1.77. The molecule has 0 aliphatic heterocycles. The number of rotatable bonds is 8. The molecule has 0 radical (unpaired) electrons. The molecule has 1 N–H and O–H groups in total. The summed E-state index contributed by atoms with van der Waals surface area (Å²) < 4.78 is 27.4. The number of benzene rings is 1. The molecule has 5 nitrogen and oxygen atoms in total. The third-order valence-electron chi connectivity index (χ3n) is 4.49. The fraction of sp³-hybridized carbons (Fsp3) is 0.611. The third kappa shape index (κ3) is 4.36. The number of carbonyl (C=O) groups is 1. The quantitative estimate of drug-likeness (QED) is 0.784. The standard InChI is InChI=1S/C18H26N2O3S/c1-13(2)10-11-20(16-8-9-16)18(21)14-4-3-5-17(12-14)24(22,23)19-15-6-7-15/h3-5,12-13,15-16,19H,6-11H2,1-2H3. The molecule has 0 aromatic heterocycles. The van der Waals surface area contributed by atoms with Crippen molar-refractivity contribution in [2.24, 2.45) is 5.92 Å². The first-order valence-corrected chi connectivity index (χ1v) is 10.3. The van der Waals surface area contributed by atoms with E-state index < -0.39 is 10.0 Å². The van der Waals surface area contributed by atoms with Gasteiger partial charge >= 0.3 is 0 Å². The Morgan fingerprint density at radius 2 is 1.96 bits per heavy atom. The zero-order valence-corrected chi connectivity index (χ0v) is 15.2. The second-order valence-corrected chi connectivity index (χ2v) is 9.05. The van der Waals surface area contributed by atoms with Gasteiger partial charge in [0.05, 0.1) is 4.90 Å². The minimum atomic E-state index is -3.53. The monoisotopic (exact) mass is 350 g/mol. The van der Waals surface area contributed by atoms with Crippen LogP contribution in [0.3, 0.4) is 0 Å². The van der Waals surface area contributed by atoms with E-state index in [-0.39, 0.29) is 16.8 Å². The average molecular weight is 350 g/mol. The van der Waals surface area contributed by atoms with Crippen molar-refractivity contribution >= 4 is 15.9 Å². The lowest BCUT2D eigenvalue weighted by Crippen LogP contribution is -2.34. The molecular formula is C18H26N2O3S. The third-order valence-corrected chi connectivity index (χ3v) is 6.00. The maximum Gasteiger partial charge on any atom is 0.254 e. The molecule has 1 aromatic carbocycles. The summed E-state index contributed by atoms with van der Waals surface area (Å²) in [5.41, 5.74) is 0.462. The van der Waals surface area contributed by atoms with Crippen molar-refractivity contribution in [2.45, 2.75) is 62.9 Å². The van der Waals surface area contributed by atoms with E-state index in [0.29, 0.717) is 17.5 Å². The van der Waals surface area contributed by atoms with E-state index in [4.69, 9.17) is 0 Å². The van der Waals surface area contributed by atoms with Crippen LogP contribution >= 0.6 is 0 Å². The van der Waals surface area contributed by atoms with Gasteiger partial charge in [-0.3, -0.25) is 4.79 Å². The van der Waals surface area contributed by atoms with Crippen LogP contribution < -0.4 is 4.72 Å². The van der Waals surface area contributed by atoms with Crippen molar-refractivity contribution in [3.05, 3.63) is 29.8 Å². The molecular weight excluding hydrogens is 324 g/mol. The largest absolute Gasteiger partial charge is 0.336 e. The van der Waals surface area contributed by atoms with Gasteiger partial charge in [0.1, 0.15) is 0 Å². The van der Waals surface area contributed by atoms with E-state index in [1.54, 1.807) is 18.2 Å². The average Bonchev–Trinajstić information content (AvgIpc) is 3.42. The first-order chi connectivity index (χ1) is 11.4. The van der Waals surface area contributed by atoms with Crippen LogP contribution in [0.5, 0.6) is 0 Å². The second kappa shape index (κ2) is 6.84. The second-order valence-electron chi connectivity index (χ2n) is 7.34. The van der Waals surface area contributed by atoms with Crippen molar-refractivity contribution in [2.75, 3.05) is 6.54 Å². The minimum Gasteiger partial charge on any atom is -0.336 e. The van der Waals surface area contributed by atoms with Crippen molar-refractivity contribution < 1.29 is 13.2 Å². The van der Waals surface area contributed by atoms with Crippen LogP contribution in [0, 0.1) is 5.92 Å². The lowest BCUT2D eigenvalue weighted by Gasteiger charge is -2.23. The number of amides is 1. The topological polar surface area (TPSA) is 66.5 Å². The Hall–Kier alpha value is -1.40. The predicted molar refractivity (Wildman–Crippen MR) is 93.3 cm³/mol. The van der Waals surface area contributed by atoms with Crippen LogP contribution in [0.1, 0.15) is 56.3 Å². The molecule has 0 bridgehead atoms. The smallest absolute Gasteiger partial charge is 0.254 e. The first kappa shape index (κ1) is 17.4. The Labute approximate surface area is 144 Å². The van der Waals surface area contributed by atoms with Crippen LogP contribution in [-0.4, -0.2) is 37.9 Å². The highest BCUT2D eigenvalue weighted by molar-refractivity contribution is 7.89. The van der Waals surface area contributed by atoms with Gasteiger partial charge in [-0.05, 0) is 56.2 Å². The molecule has 2 fully saturated rings. The SMILES string of the molecule is CC(C)CCN(C(=O)c1cccc(S(=O)(=O)NC2CC2)c1)C1CC1. The molecule has 1 amide bonds. The highest BCUT2D eigenvalue weighted by Gasteiger charge is 2.33. The lowest BCUT2D eigenvalue weighted by atomic mass is 10.1. The van der Waals surface area contributed by atoms with E-state index >= 15 is 0 Å². The van der Waals surface area contributed by atoms with Gasteiger partial charge in [-0.25, -0.2) is 13.1 Å². The molecule has 2 aliphatic rings. The van der Waals surface area contributed by atoms with Crippen LogP contribution in [0.2, 0.25) is 0 Å². The molecule has 6 heteroatoms. The molecule has 2 aliphatic carbocycles. The molecule has 0 saturated heterocycles. The molecule has 2 saturated carbocycles. The summed E-state index contributed by atoms with van der Waals surface area (Å²) in [7, 11) is -3.53. The van der Waals surface area contributed by atoms with Gasteiger partial charge in [-0.1, -0.05) is 19.9 Å². The number of hydrogen-bond donors (Lipinski definition) is 1. The van der Waals surface area contributed by atoms with Crippen LogP contribution in [-0.2, 0) is 10.0 Å². The van der Waals surface area contributed by atoms with Gasteiger partial charge in [-0.2, -0.15) is 0 Å². The van der Waals surface area contributed by atoms with Crippen molar-refractivity contribution in [1.82, 2.24) is 9.62 Å². The lowest BCUT2D eigenvalue weighted by molar-refractivity contribution is 0.0735. The summed E-state index contributed by atoms with van der Waals surface area (Å²) in [4.78, 5) is 15.0. The molecule has 1 aromatic rings. The Bertz CT molecular complexity index is 707. The molecule has 3 rings (SSSR count). The van der Waals surface area contributed by atoms with Gasteiger partial charge < -0.3 is 4.90 Å². The van der Waals surface area contributed by atoms with Crippen molar-refractivity contribution in [3.8, 4) is 0 Å². The number of carbonyl (C=O) groups excluding carboxylic acids is 1. The first-order valence-electron chi connectivity index (χ1n) is 8.80. The predicted octanol–water partition coefficient (Wildman–Crippen LogP) is 2.78. The van der Waals surface area contributed by atoms with Crippen LogP contribution in [0.25, 0.3) is 0 Å². The van der Waals surface area contributed by atoms with E-state index in [9.17, 15) is 13.2 Å². The Morgan fingerprint density at radius 1 is 1.25 bits per heavy atom. The molecule has 0 heterocycles. The van der Waals surface area contributed by atoms with E-state index in [0.717, 1.165) is 38.6 Å².